The van der Waals surface area contributed by atoms with E-state index in [1.165, 1.54) is 0 Å². The molecule has 1 saturated heterocycles. The molecule has 27 heavy (non-hydrogen) atoms. The molecule has 6 nitrogen and oxygen atoms in total. The van der Waals surface area contributed by atoms with Crippen LogP contribution in [-0.2, 0) is 12.8 Å². The number of nitrogens with zero attached hydrogens (tertiary/aromatic N) is 3. The van der Waals surface area contributed by atoms with Gasteiger partial charge in [0.1, 0.15) is 0 Å². The van der Waals surface area contributed by atoms with E-state index in [0.717, 1.165) is 16.5 Å². The molecular formula is C21H23N3O3. The zero-order valence-corrected chi connectivity index (χ0v) is 15.6. The summed E-state index contributed by atoms with van der Waals surface area (Å²) in [4.78, 5) is 23.2. The second-order valence-electron chi connectivity index (χ2n) is 7.10. The van der Waals surface area contributed by atoms with Gasteiger partial charge in [-0.15, -0.1) is 0 Å². The number of benzene rings is 1. The van der Waals surface area contributed by atoms with Crippen molar-refractivity contribution in [1.82, 2.24) is 14.9 Å². The van der Waals surface area contributed by atoms with Gasteiger partial charge in [-0.05, 0) is 31.0 Å². The molecule has 0 aliphatic carbocycles. The Kier molecular flexibility index (Phi) is 4.66. The maximum atomic E-state index is 12.8. The average molecular weight is 365 g/mol. The van der Waals surface area contributed by atoms with Gasteiger partial charge in [0.25, 0.3) is 5.91 Å². The molecule has 1 N–H and O–H groups in total. The van der Waals surface area contributed by atoms with E-state index in [-0.39, 0.29) is 17.6 Å². The van der Waals surface area contributed by atoms with Crippen LogP contribution < -0.4 is 0 Å². The van der Waals surface area contributed by atoms with Gasteiger partial charge in [-0.2, -0.15) is 0 Å². The summed E-state index contributed by atoms with van der Waals surface area (Å²) in [7, 11) is 0. The minimum absolute atomic E-state index is 0.0198. The van der Waals surface area contributed by atoms with E-state index in [9.17, 15) is 9.90 Å². The fraction of sp³-hybridized carbons (Fsp3) is 0.381. The van der Waals surface area contributed by atoms with Gasteiger partial charge in [0, 0.05) is 37.0 Å². The van der Waals surface area contributed by atoms with Crippen LogP contribution in [0.25, 0.3) is 10.9 Å². The number of pyridine rings is 1. The maximum absolute atomic E-state index is 12.8. The van der Waals surface area contributed by atoms with Gasteiger partial charge in [0.2, 0.25) is 5.76 Å². The summed E-state index contributed by atoms with van der Waals surface area (Å²) in [6, 6.07) is 9.98. The van der Waals surface area contributed by atoms with Crippen LogP contribution in [0, 0.1) is 12.8 Å². The lowest BCUT2D eigenvalue weighted by atomic mass is 9.94. The average Bonchev–Trinajstić information content (AvgIpc) is 3.24. The first-order valence-electron chi connectivity index (χ1n) is 9.33. The molecule has 4 rings (SSSR count). The van der Waals surface area contributed by atoms with Crippen molar-refractivity contribution in [2.24, 2.45) is 5.92 Å². The third-order valence-electron chi connectivity index (χ3n) is 5.25. The first-order chi connectivity index (χ1) is 13.1. The second kappa shape index (κ2) is 7.12. The molecule has 1 aliphatic heterocycles. The van der Waals surface area contributed by atoms with Crippen LogP contribution in [0.2, 0.25) is 0 Å². The third kappa shape index (κ3) is 3.32. The molecule has 6 heteroatoms. The molecule has 3 aromatic rings. The van der Waals surface area contributed by atoms with Crippen molar-refractivity contribution < 1.29 is 14.3 Å². The Morgan fingerprint density at radius 2 is 2.11 bits per heavy atom. The lowest BCUT2D eigenvalue weighted by Crippen LogP contribution is -2.29. The van der Waals surface area contributed by atoms with E-state index in [1.807, 2.05) is 37.3 Å². The molecule has 0 saturated carbocycles. The predicted octanol–water partition coefficient (Wildman–Crippen LogP) is 2.77. The molecule has 0 bridgehead atoms. The van der Waals surface area contributed by atoms with Crippen LogP contribution in [0.1, 0.15) is 34.6 Å². The first kappa shape index (κ1) is 17.7. The number of rotatable bonds is 4. The first-order valence-corrected chi connectivity index (χ1v) is 9.33. The van der Waals surface area contributed by atoms with Crippen molar-refractivity contribution in [2.45, 2.75) is 32.8 Å². The van der Waals surface area contributed by atoms with E-state index >= 15 is 0 Å². The van der Waals surface area contributed by atoms with Crippen molar-refractivity contribution in [3.8, 4) is 0 Å². The van der Waals surface area contributed by atoms with Crippen LogP contribution in [0.5, 0.6) is 0 Å². The summed E-state index contributed by atoms with van der Waals surface area (Å²) in [6.07, 6.45) is 2.58. The Hall–Kier alpha value is -2.73. The number of hydrogen-bond acceptors (Lipinski definition) is 5. The molecule has 1 aliphatic rings. The molecule has 1 aromatic carbocycles. The van der Waals surface area contributed by atoms with Gasteiger partial charge in [0.15, 0.2) is 5.89 Å². The van der Waals surface area contributed by atoms with Crippen LogP contribution >= 0.6 is 0 Å². The largest absolute Gasteiger partial charge is 0.435 e. The van der Waals surface area contributed by atoms with Crippen molar-refractivity contribution in [2.75, 3.05) is 13.1 Å². The fourth-order valence-corrected chi connectivity index (χ4v) is 3.78. The Balaban J connectivity index is 1.53. The predicted molar refractivity (Wildman–Crippen MR) is 101 cm³/mol. The normalized spacial score (nSPS) is 19.7. The van der Waals surface area contributed by atoms with Crippen LogP contribution in [-0.4, -0.2) is 45.1 Å². The lowest BCUT2D eigenvalue weighted by Gasteiger charge is -2.15. The number of oxazole rings is 1. The molecular weight excluding hydrogens is 342 g/mol. The molecule has 0 radical (unpaired) electrons. The Labute approximate surface area is 157 Å². The number of para-hydroxylation sites is 1. The SMILES string of the molecule is CCc1nc(C)c(C(=O)N2C[C@@H](Cc3ccnc4ccccc34)[C@@H](O)C2)o1. The van der Waals surface area contributed by atoms with E-state index in [1.54, 1.807) is 18.0 Å². The molecule has 0 spiro atoms. The van der Waals surface area contributed by atoms with Gasteiger partial charge < -0.3 is 14.4 Å². The van der Waals surface area contributed by atoms with E-state index < -0.39 is 6.10 Å². The van der Waals surface area contributed by atoms with Crippen molar-refractivity contribution in [3.63, 3.8) is 0 Å². The quantitative estimate of drug-likeness (QED) is 0.769. The summed E-state index contributed by atoms with van der Waals surface area (Å²) in [5.41, 5.74) is 2.69. The fourth-order valence-electron chi connectivity index (χ4n) is 3.78. The smallest absolute Gasteiger partial charge is 0.291 e. The Bertz CT molecular complexity index is 976. The Morgan fingerprint density at radius 1 is 1.30 bits per heavy atom. The topological polar surface area (TPSA) is 79.5 Å². The molecule has 1 amide bonds. The number of hydrogen-bond donors (Lipinski definition) is 1. The summed E-state index contributed by atoms with van der Waals surface area (Å²) < 4.78 is 5.59. The lowest BCUT2D eigenvalue weighted by molar-refractivity contribution is 0.0731. The number of aliphatic hydroxyl groups excluding tert-OH is 1. The number of β-amino-alcohol motifs (C(OH)–C–C–N with tert-alkyl or cyclic N) is 1. The van der Waals surface area contributed by atoms with Gasteiger partial charge in [0.05, 0.1) is 17.3 Å². The van der Waals surface area contributed by atoms with Gasteiger partial charge in [-0.1, -0.05) is 25.1 Å². The highest BCUT2D eigenvalue weighted by atomic mass is 16.4. The molecule has 1 fully saturated rings. The van der Waals surface area contributed by atoms with Gasteiger partial charge >= 0.3 is 0 Å². The third-order valence-corrected chi connectivity index (χ3v) is 5.25. The number of carbonyl (C=O) groups excluding carboxylic acids is 1. The summed E-state index contributed by atoms with van der Waals surface area (Å²) in [6.45, 7) is 4.53. The molecule has 0 unspecified atom stereocenters. The van der Waals surface area contributed by atoms with Crippen molar-refractivity contribution in [3.05, 3.63) is 59.4 Å². The standard InChI is InChI=1S/C21H23N3O3/c1-3-19-23-13(2)20(27-19)21(26)24-11-15(18(25)12-24)10-14-8-9-22-17-7-5-4-6-16(14)17/h4-9,15,18,25H,3,10-12H2,1-2H3/t15-,18+/m1/s1. The molecule has 140 valence electrons. The van der Waals surface area contributed by atoms with E-state index in [4.69, 9.17) is 4.42 Å². The number of likely N-dealkylation sites (tertiary alicyclic amines) is 1. The second-order valence-corrected chi connectivity index (χ2v) is 7.10. The number of fused-ring (bicyclic) bond motifs is 1. The highest BCUT2D eigenvalue weighted by molar-refractivity contribution is 5.92. The zero-order valence-electron chi connectivity index (χ0n) is 15.6. The maximum Gasteiger partial charge on any atom is 0.291 e. The molecule has 2 aromatic heterocycles. The summed E-state index contributed by atoms with van der Waals surface area (Å²) in [5, 5.41) is 11.6. The minimum Gasteiger partial charge on any atom is -0.435 e. The van der Waals surface area contributed by atoms with Gasteiger partial charge in [-0.25, -0.2) is 4.98 Å². The summed E-state index contributed by atoms with van der Waals surface area (Å²) >= 11 is 0. The number of aryl methyl sites for hydroxylation is 2. The van der Waals surface area contributed by atoms with E-state index in [0.29, 0.717) is 37.5 Å². The zero-order chi connectivity index (χ0) is 19.0. The number of amides is 1. The van der Waals surface area contributed by atoms with Crippen LogP contribution in [0.4, 0.5) is 0 Å². The highest BCUT2D eigenvalue weighted by Crippen LogP contribution is 2.27. The van der Waals surface area contributed by atoms with E-state index in [2.05, 4.69) is 9.97 Å². The minimum atomic E-state index is -0.560. The monoisotopic (exact) mass is 365 g/mol. The molecule has 3 heterocycles. The molecule has 2 atom stereocenters. The van der Waals surface area contributed by atoms with Gasteiger partial charge in [-0.3, -0.25) is 9.78 Å². The number of carbonyl (C=O) groups is 1. The highest BCUT2D eigenvalue weighted by Gasteiger charge is 2.36. The number of aliphatic hydroxyl groups is 1. The number of aromatic nitrogens is 2. The Morgan fingerprint density at radius 3 is 2.89 bits per heavy atom. The van der Waals surface area contributed by atoms with Crippen molar-refractivity contribution >= 4 is 16.8 Å². The van der Waals surface area contributed by atoms with Crippen molar-refractivity contribution in [1.29, 1.82) is 0 Å². The summed E-state index contributed by atoms with van der Waals surface area (Å²) in [5.74, 6) is 0.638. The van der Waals surface area contributed by atoms with Crippen LogP contribution in [0.3, 0.4) is 0 Å². The van der Waals surface area contributed by atoms with Crippen LogP contribution in [0.15, 0.2) is 40.9 Å².